The van der Waals surface area contributed by atoms with Crippen molar-refractivity contribution < 1.29 is 0 Å². The molecule has 10 rings (SSSR count). The van der Waals surface area contributed by atoms with Crippen molar-refractivity contribution in [3.8, 4) is 22.3 Å². The lowest BCUT2D eigenvalue weighted by atomic mass is 9.64. The molecular weight excluding hydrogens is 615 g/mol. The summed E-state index contributed by atoms with van der Waals surface area (Å²) in [4.78, 5) is 2.67. The molecule has 6 aromatic carbocycles. The molecule has 0 aromatic heterocycles. The summed E-state index contributed by atoms with van der Waals surface area (Å²) in [6.07, 6.45) is 16.3. The van der Waals surface area contributed by atoms with Crippen LogP contribution in [0.25, 0.3) is 49.4 Å². The summed E-state index contributed by atoms with van der Waals surface area (Å²) in [6.45, 7) is 9.81. The molecule has 4 aliphatic rings. The Hall–Kier alpha value is -5.40. The van der Waals surface area contributed by atoms with E-state index in [0.29, 0.717) is 0 Å². The van der Waals surface area contributed by atoms with Crippen LogP contribution in [-0.2, 0) is 10.8 Å². The van der Waals surface area contributed by atoms with Crippen molar-refractivity contribution in [3.63, 3.8) is 0 Å². The first kappa shape index (κ1) is 30.4. The van der Waals surface area contributed by atoms with Gasteiger partial charge in [0.1, 0.15) is 0 Å². The summed E-state index contributed by atoms with van der Waals surface area (Å²) < 4.78 is 0. The fraction of sp³-hybridized carbons (Fsp3) is 0.200. The smallest absolute Gasteiger partial charge is 0.0540 e. The average Bonchev–Trinajstić information content (AvgIpc) is 3.17. The Morgan fingerprint density at radius 3 is 1.75 bits per heavy atom. The molecule has 0 atom stereocenters. The third kappa shape index (κ3) is 4.34. The Morgan fingerprint density at radius 1 is 0.510 bits per heavy atom. The second-order valence-electron chi connectivity index (χ2n) is 15.9. The molecule has 0 N–H and O–H groups in total. The third-order valence-electron chi connectivity index (χ3n) is 12.3. The van der Waals surface area contributed by atoms with Crippen molar-refractivity contribution in [1.29, 1.82) is 0 Å². The molecule has 2 heterocycles. The van der Waals surface area contributed by atoms with E-state index in [1.807, 2.05) is 0 Å². The highest BCUT2D eigenvalue weighted by molar-refractivity contribution is 6.21. The standard InChI is InChI=1S/C50H43N/c1-49(2)40-25-15-16-26-44(40)51-45-28-27-34(29-41(45)50(3,4)43-31-35(30-42(49)48(43)51)32-17-7-5-8-18-32)47-38-23-13-11-21-36(38)46(33-19-9-6-10-20-33)37-22-12-14-24-39(37)47/h6-7,9-15,17-25,27-31H,5,8,16,26H2,1-4H3. The lowest BCUT2D eigenvalue weighted by Crippen LogP contribution is -2.41. The minimum absolute atomic E-state index is 0.0896. The number of rotatable bonds is 3. The van der Waals surface area contributed by atoms with E-state index in [4.69, 9.17) is 0 Å². The maximum atomic E-state index is 2.67. The highest BCUT2D eigenvalue weighted by Gasteiger charge is 2.46. The molecule has 1 nitrogen and oxygen atoms in total. The third-order valence-corrected chi connectivity index (χ3v) is 12.3. The minimum Gasteiger partial charge on any atom is -0.313 e. The van der Waals surface area contributed by atoms with Gasteiger partial charge in [-0.3, -0.25) is 0 Å². The highest BCUT2D eigenvalue weighted by atomic mass is 15.2. The van der Waals surface area contributed by atoms with Crippen LogP contribution in [0.5, 0.6) is 0 Å². The topological polar surface area (TPSA) is 3.24 Å². The maximum absolute atomic E-state index is 2.67. The SMILES string of the molecule is CC1(C)C2=C(CCC=C2)N2c3ccc(-c4c5ccccc5c(-c5ccccc5)c5ccccc45)cc3C(C)(C)c3cc(C4=CCCC=C4)cc1c32. The molecule has 1 heteroatoms. The van der Waals surface area contributed by atoms with Crippen molar-refractivity contribution in [1.82, 2.24) is 0 Å². The van der Waals surface area contributed by atoms with E-state index >= 15 is 0 Å². The van der Waals surface area contributed by atoms with E-state index in [2.05, 4.69) is 172 Å². The van der Waals surface area contributed by atoms with Crippen molar-refractivity contribution in [2.45, 2.75) is 64.2 Å². The first-order valence-corrected chi connectivity index (χ1v) is 18.7. The van der Waals surface area contributed by atoms with Gasteiger partial charge in [0.05, 0.1) is 5.69 Å². The number of hydrogen-bond acceptors (Lipinski definition) is 1. The van der Waals surface area contributed by atoms with Gasteiger partial charge in [-0.25, -0.2) is 0 Å². The lowest BCUT2D eigenvalue weighted by Gasteiger charge is -2.51. The predicted molar refractivity (Wildman–Crippen MR) is 218 cm³/mol. The van der Waals surface area contributed by atoms with E-state index in [-0.39, 0.29) is 10.8 Å². The molecule has 0 bridgehead atoms. The van der Waals surface area contributed by atoms with Crippen LogP contribution >= 0.6 is 0 Å². The van der Waals surface area contributed by atoms with E-state index in [1.165, 1.54) is 94.3 Å². The van der Waals surface area contributed by atoms with Crippen LogP contribution in [0.15, 0.2) is 151 Å². The maximum Gasteiger partial charge on any atom is 0.0540 e. The molecule has 2 aliphatic carbocycles. The molecule has 51 heavy (non-hydrogen) atoms. The van der Waals surface area contributed by atoms with Gasteiger partial charge in [0.2, 0.25) is 0 Å². The summed E-state index contributed by atoms with van der Waals surface area (Å²) in [6, 6.07) is 41.4. The van der Waals surface area contributed by atoms with Crippen molar-refractivity contribution in [3.05, 3.63) is 173 Å². The minimum atomic E-state index is -0.213. The summed E-state index contributed by atoms with van der Waals surface area (Å²) in [7, 11) is 0. The molecule has 6 aromatic rings. The Morgan fingerprint density at radius 2 is 1.10 bits per heavy atom. The van der Waals surface area contributed by atoms with Gasteiger partial charge < -0.3 is 4.90 Å². The summed E-state index contributed by atoms with van der Waals surface area (Å²) >= 11 is 0. The van der Waals surface area contributed by atoms with Crippen molar-refractivity contribution >= 4 is 38.5 Å². The van der Waals surface area contributed by atoms with Crippen LogP contribution in [0.2, 0.25) is 0 Å². The molecule has 0 saturated heterocycles. The van der Waals surface area contributed by atoms with Crippen LogP contribution in [0, 0.1) is 0 Å². The van der Waals surface area contributed by atoms with Gasteiger partial charge in [-0.15, -0.1) is 0 Å². The summed E-state index contributed by atoms with van der Waals surface area (Å²) in [5, 5.41) is 5.19. The molecule has 0 radical (unpaired) electrons. The average molecular weight is 658 g/mol. The Balaban J connectivity index is 1.26. The van der Waals surface area contributed by atoms with Gasteiger partial charge in [0, 0.05) is 22.2 Å². The van der Waals surface area contributed by atoms with Gasteiger partial charge in [-0.05, 0) is 127 Å². The van der Waals surface area contributed by atoms with E-state index < -0.39 is 0 Å². The van der Waals surface area contributed by atoms with Crippen molar-refractivity contribution in [2.24, 2.45) is 0 Å². The number of allylic oxidation sites excluding steroid dienone is 8. The number of fused-ring (bicyclic) bond motifs is 5. The van der Waals surface area contributed by atoms with Crippen LogP contribution < -0.4 is 4.90 Å². The number of hydrogen-bond donors (Lipinski definition) is 0. The van der Waals surface area contributed by atoms with E-state index in [0.717, 1.165) is 25.7 Å². The molecule has 0 saturated carbocycles. The number of benzene rings is 6. The quantitative estimate of drug-likeness (QED) is 0.171. The number of nitrogens with zero attached hydrogens (tertiary/aromatic N) is 1. The lowest BCUT2D eigenvalue weighted by molar-refractivity contribution is 0.576. The van der Waals surface area contributed by atoms with Crippen molar-refractivity contribution in [2.75, 3.05) is 4.90 Å². The fourth-order valence-electron chi connectivity index (χ4n) is 9.71. The van der Waals surface area contributed by atoms with Crippen LogP contribution in [-0.4, -0.2) is 0 Å². The Labute approximate surface area is 302 Å². The largest absolute Gasteiger partial charge is 0.313 e. The number of anilines is 2. The van der Waals surface area contributed by atoms with Gasteiger partial charge in [-0.1, -0.05) is 143 Å². The Bertz CT molecular complexity index is 2510. The first-order valence-electron chi connectivity index (χ1n) is 18.7. The first-order chi connectivity index (χ1) is 24.8. The second kappa shape index (κ2) is 11.0. The highest BCUT2D eigenvalue weighted by Crippen LogP contribution is 2.60. The molecule has 0 fully saturated rings. The molecule has 2 aliphatic heterocycles. The second-order valence-corrected chi connectivity index (χ2v) is 15.9. The van der Waals surface area contributed by atoms with E-state index in [1.54, 1.807) is 0 Å². The van der Waals surface area contributed by atoms with Gasteiger partial charge >= 0.3 is 0 Å². The zero-order valence-electron chi connectivity index (χ0n) is 30.1. The summed E-state index contributed by atoms with van der Waals surface area (Å²) in [5.41, 5.74) is 17.5. The molecule has 0 spiro atoms. The molecular formula is C50H43N. The predicted octanol–water partition coefficient (Wildman–Crippen LogP) is 13.7. The molecule has 248 valence electrons. The van der Waals surface area contributed by atoms with Crippen LogP contribution in [0.4, 0.5) is 11.4 Å². The van der Waals surface area contributed by atoms with Gasteiger partial charge in [0.15, 0.2) is 0 Å². The van der Waals surface area contributed by atoms with Crippen LogP contribution in [0.1, 0.15) is 75.6 Å². The fourth-order valence-corrected chi connectivity index (χ4v) is 9.71. The van der Waals surface area contributed by atoms with Gasteiger partial charge in [-0.2, -0.15) is 0 Å². The van der Waals surface area contributed by atoms with E-state index in [9.17, 15) is 0 Å². The summed E-state index contributed by atoms with van der Waals surface area (Å²) in [5.74, 6) is 0. The zero-order chi connectivity index (χ0) is 34.5. The zero-order valence-corrected chi connectivity index (χ0v) is 30.1. The Kier molecular flexibility index (Phi) is 6.59. The van der Waals surface area contributed by atoms with Crippen LogP contribution in [0.3, 0.4) is 0 Å². The normalized spacial score (nSPS) is 18.0. The monoisotopic (exact) mass is 657 g/mol. The molecule has 0 amide bonds. The van der Waals surface area contributed by atoms with Gasteiger partial charge in [0.25, 0.3) is 0 Å². The molecule has 0 unspecified atom stereocenters.